The fourth-order valence-electron chi connectivity index (χ4n) is 3.97. The first-order valence-electron chi connectivity index (χ1n) is 9.91. The molecule has 0 amide bonds. The summed E-state index contributed by atoms with van der Waals surface area (Å²) < 4.78 is 0. The number of hydrogen-bond donors (Lipinski definition) is 1. The quantitative estimate of drug-likeness (QED) is 0.473. The highest BCUT2D eigenvalue weighted by molar-refractivity contribution is 7.09. The van der Waals surface area contributed by atoms with Crippen LogP contribution in [0.5, 0.6) is 0 Å². The van der Waals surface area contributed by atoms with E-state index in [0.29, 0.717) is 11.4 Å². The van der Waals surface area contributed by atoms with Crippen LogP contribution in [0.3, 0.4) is 0 Å². The number of non-ortho nitro benzene ring substituents is 1. The lowest BCUT2D eigenvalue weighted by molar-refractivity contribution is -0.383. The number of fused-ring (bicyclic) bond motifs is 1. The van der Waals surface area contributed by atoms with E-state index < -0.39 is 0 Å². The number of hydrogen-bond acceptors (Lipinski definition) is 7. The number of benzene rings is 1. The molecule has 1 fully saturated rings. The van der Waals surface area contributed by atoms with E-state index in [4.69, 9.17) is 0 Å². The SMILES string of the molecule is Cc1cc(NCC2CCN(Cc3csc(C)n3)CC2)c2cccc([N+](=O)[O-])c2n1. The number of nitrogens with zero attached hydrogens (tertiary/aromatic N) is 4. The lowest BCUT2D eigenvalue weighted by Crippen LogP contribution is -2.35. The third-order valence-electron chi connectivity index (χ3n) is 5.48. The number of aromatic nitrogens is 2. The van der Waals surface area contributed by atoms with Crippen molar-refractivity contribution in [2.45, 2.75) is 33.2 Å². The number of nitro groups is 1. The molecule has 0 unspecified atom stereocenters. The molecule has 0 aliphatic carbocycles. The van der Waals surface area contributed by atoms with Crippen LogP contribution < -0.4 is 5.32 Å². The van der Waals surface area contributed by atoms with Crippen LogP contribution in [-0.4, -0.2) is 39.4 Å². The average Bonchev–Trinajstić information content (AvgIpc) is 3.11. The summed E-state index contributed by atoms with van der Waals surface area (Å²) in [6.07, 6.45) is 2.27. The molecule has 2 aromatic heterocycles. The minimum absolute atomic E-state index is 0.0554. The largest absolute Gasteiger partial charge is 0.384 e. The number of aryl methyl sites for hydroxylation is 2. The first-order valence-corrected chi connectivity index (χ1v) is 10.8. The van der Waals surface area contributed by atoms with Crippen LogP contribution in [-0.2, 0) is 6.54 Å². The maximum absolute atomic E-state index is 11.3. The third kappa shape index (κ3) is 4.54. The van der Waals surface area contributed by atoms with Gasteiger partial charge in [-0.3, -0.25) is 15.0 Å². The lowest BCUT2D eigenvalue weighted by atomic mass is 9.96. The van der Waals surface area contributed by atoms with Crippen molar-refractivity contribution in [2.24, 2.45) is 5.92 Å². The Balaban J connectivity index is 1.39. The molecule has 0 atom stereocenters. The molecular formula is C21H25N5O2S. The summed E-state index contributed by atoms with van der Waals surface area (Å²) in [5.41, 5.74) is 3.39. The Morgan fingerprint density at radius 3 is 2.76 bits per heavy atom. The van der Waals surface area contributed by atoms with E-state index in [1.807, 2.05) is 26.0 Å². The summed E-state index contributed by atoms with van der Waals surface area (Å²) in [5, 5.41) is 19.0. The van der Waals surface area contributed by atoms with Crippen molar-refractivity contribution in [1.82, 2.24) is 14.9 Å². The molecule has 29 heavy (non-hydrogen) atoms. The number of piperidine rings is 1. The number of nitro benzene ring substituents is 1. The van der Waals surface area contributed by atoms with E-state index in [1.54, 1.807) is 17.4 Å². The van der Waals surface area contributed by atoms with Crippen LogP contribution in [0.25, 0.3) is 10.9 Å². The Labute approximate surface area is 173 Å². The molecule has 1 aliphatic heterocycles. The fourth-order valence-corrected chi connectivity index (χ4v) is 4.57. The van der Waals surface area contributed by atoms with Crippen LogP contribution in [0.4, 0.5) is 11.4 Å². The summed E-state index contributed by atoms with van der Waals surface area (Å²) in [4.78, 5) is 22.4. The standard InChI is InChI=1S/C21H25N5O2S/c1-14-10-19(18-4-3-5-20(26(27)28)21(18)23-14)22-11-16-6-8-25(9-7-16)12-17-13-29-15(2)24-17/h3-5,10,13,16H,6-9,11-12H2,1-2H3,(H,22,23). The van der Waals surface area contributed by atoms with Gasteiger partial charge < -0.3 is 5.32 Å². The molecule has 7 nitrogen and oxygen atoms in total. The lowest BCUT2D eigenvalue weighted by Gasteiger charge is -2.31. The Morgan fingerprint density at radius 1 is 1.28 bits per heavy atom. The highest BCUT2D eigenvalue weighted by atomic mass is 32.1. The monoisotopic (exact) mass is 411 g/mol. The van der Waals surface area contributed by atoms with Crippen molar-refractivity contribution in [1.29, 1.82) is 0 Å². The van der Waals surface area contributed by atoms with Gasteiger partial charge in [0.1, 0.15) is 0 Å². The summed E-state index contributed by atoms with van der Waals surface area (Å²) in [7, 11) is 0. The molecule has 152 valence electrons. The van der Waals surface area contributed by atoms with E-state index in [-0.39, 0.29) is 10.6 Å². The Hall–Kier alpha value is -2.58. The maximum atomic E-state index is 11.3. The highest BCUT2D eigenvalue weighted by Gasteiger charge is 2.21. The van der Waals surface area contributed by atoms with E-state index in [0.717, 1.165) is 60.8 Å². The zero-order valence-corrected chi connectivity index (χ0v) is 17.5. The minimum Gasteiger partial charge on any atom is -0.384 e. The molecule has 1 saturated heterocycles. The second-order valence-corrected chi connectivity index (χ2v) is 8.76. The fraction of sp³-hybridized carbons (Fsp3) is 0.429. The van der Waals surface area contributed by atoms with Crippen LogP contribution in [0, 0.1) is 29.9 Å². The molecule has 0 bridgehead atoms. The number of likely N-dealkylation sites (tertiary alicyclic amines) is 1. The van der Waals surface area contributed by atoms with E-state index in [2.05, 4.69) is 25.6 Å². The van der Waals surface area contributed by atoms with Crippen molar-refractivity contribution >= 4 is 33.6 Å². The number of anilines is 1. The van der Waals surface area contributed by atoms with Gasteiger partial charge in [0, 0.05) is 41.3 Å². The predicted octanol–water partition coefficient (Wildman–Crippen LogP) is 4.54. The highest BCUT2D eigenvalue weighted by Crippen LogP contribution is 2.30. The Kier molecular flexibility index (Phi) is 5.73. The van der Waals surface area contributed by atoms with Crippen LogP contribution in [0.15, 0.2) is 29.6 Å². The van der Waals surface area contributed by atoms with Gasteiger partial charge in [-0.1, -0.05) is 12.1 Å². The molecule has 0 radical (unpaired) electrons. The van der Waals surface area contributed by atoms with Crippen molar-refractivity contribution in [2.75, 3.05) is 25.0 Å². The molecule has 1 aliphatic rings. The van der Waals surface area contributed by atoms with Crippen molar-refractivity contribution in [3.63, 3.8) is 0 Å². The van der Waals surface area contributed by atoms with Gasteiger partial charge in [-0.15, -0.1) is 11.3 Å². The van der Waals surface area contributed by atoms with Gasteiger partial charge in [0.2, 0.25) is 0 Å². The second kappa shape index (κ2) is 8.42. The smallest absolute Gasteiger partial charge is 0.295 e. The molecule has 3 aromatic rings. The zero-order valence-electron chi connectivity index (χ0n) is 16.7. The number of nitrogens with one attached hydrogen (secondary N) is 1. The van der Waals surface area contributed by atoms with Crippen LogP contribution in [0.2, 0.25) is 0 Å². The molecule has 0 spiro atoms. The Morgan fingerprint density at radius 2 is 2.07 bits per heavy atom. The Bertz CT molecular complexity index is 1030. The van der Waals surface area contributed by atoms with Gasteiger partial charge in [-0.25, -0.2) is 9.97 Å². The number of rotatable bonds is 6. The van der Waals surface area contributed by atoms with E-state index >= 15 is 0 Å². The van der Waals surface area contributed by atoms with E-state index in [9.17, 15) is 10.1 Å². The maximum Gasteiger partial charge on any atom is 0.295 e. The minimum atomic E-state index is -0.363. The summed E-state index contributed by atoms with van der Waals surface area (Å²) in [6.45, 7) is 7.87. The molecule has 1 aromatic carbocycles. The third-order valence-corrected chi connectivity index (χ3v) is 6.31. The molecule has 1 N–H and O–H groups in total. The van der Waals surface area contributed by atoms with Gasteiger partial charge in [0.25, 0.3) is 5.69 Å². The average molecular weight is 412 g/mol. The van der Waals surface area contributed by atoms with Gasteiger partial charge in [0.05, 0.1) is 15.6 Å². The number of para-hydroxylation sites is 1. The van der Waals surface area contributed by atoms with Gasteiger partial charge in [0.15, 0.2) is 5.52 Å². The summed E-state index contributed by atoms with van der Waals surface area (Å²) >= 11 is 1.71. The molecule has 0 saturated carbocycles. The number of pyridine rings is 1. The molecular weight excluding hydrogens is 386 g/mol. The van der Waals surface area contributed by atoms with Crippen molar-refractivity contribution in [3.05, 3.63) is 56.2 Å². The first-order chi connectivity index (χ1) is 14.0. The predicted molar refractivity (Wildman–Crippen MR) is 116 cm³/mol. The zero-order chi connectivity index (χ0) is 20.4. The molecule has 3 heterocycles. The topological polar surface area (TPSA) is 84.2 Å². The van der Waals surface area contributed by atoms with Gasteiger partial charge in [-0.2, -0.15) is 0 Å². The van der Waals surface area contributed by atoms with Gasteiger partial charge >= 0.3 is 0 Å². The van der Waals surface area contributed by atoms with Crippen molar-refractivity contribution < 1.29 is 4.92 Å². The van der Waals surface area contributed by atoms with Gasteiger partial charge in [-0.05, 0) is 51.8 Å². The summed E-state index contributed by atoms with van der Waals surface area (Å²) in [5.74, 6) is 0.589. The van der Waals surface area contributed by atoms with E-state index in [1.165, 1.54) is 11.8 Å². The summed E-state index contributed by atoms with van der Waals surface area (Å²) in [6, 6.07) is 7.11. The molecule has 8 heteroatoms. The first kappa shape index (κ1) is 19.7. The normalized spacial score (nSPS) is 15.7. The second-order valence-electron chi connectivity index (χ2n) is 7.70. The number of thiazole rings is 1. The molecule has 4 rings (SSSR count). The van der Waals surface area contributed by atoms with Crippen molar-refractivity contribution in [3.8, 4) is 0 Å². The van der Waals surface area contributed by atoms with Crippen LogP contribution in [0.1, 0.15) is 29.2 Å². The van der Waals surface area contributed by atoms with Crippen LogP contribution >= 0.6 is 11.3 Å².